The minimum Gasteiger partial charge on any atom is -0.497 e. The van der Waals surface area contributed by atoms with Crippen LogP contribution in [0.4, 0.5) is 0 Å². The number of hydrogen-bond acceptors (Lipinski definition) is 5. The van der Waals surface area contributed by atoms with Gasteiger partial charge in [0.15, 0.2) is 6.73 Å². The molecule has 25 heavy (non-hydrogen) atoms. The van der Waals surface area contributed by atoms with Crippen molar-refractivity contribution in [3.63, 3.8) is 0 Å². The van der Waals surface area contributed by atoms with Crippen molar-refractivity contribution in [2.24, 2.45) is 0 Å². The highest BCUT2D eigenvalue weighted by atomic mass is 16.5. The molecule has 0 bridgehead atoms. The Hall–Kier alpha value is -3.15. The third-order valence-electron chi connectivity index (χ3n) is 4.01. The SMILES string of the molecule is COc1ccc(CCC(=O)OCN2C(=O)c3ccccc3C2=O)cc1. The topological polar surface area (TPSA) is 72.9 Å². The van der Waals surface area contributed by atoms with Gasteiger partial charge >= 0.3 is 5.97 Å². The van der Waals surface area contributed by atoms with E-state index >= 15 is 0 Å². The normalized spacial score (nSPS) is 12.9. The van der Waals surface area contributed by atoms with E-state index in [1.807, 2.05) is 24.3 Å². The maximum absolute atomic E-state index is 12.2. The van der Waals surface area contributed by atoms with E-state index in [-0.39, 0.29) is 13.2 Å². The average Bonchev–Trinajstić information content (AvgIpc) is 2.89. The van der Waals surface area contributed by atoms with Crippen LogP contribution in [0.3, 0.4) is 0 Å². The molecule has 1 heterocycles. The zero-order valence-electron chi connectivity index (χ0n) is 13.7. The Balaban J connectivity index is 1.51. The highest BCUT2D eigenvalue weighted by Gasteiger charge is 2.35. The van der Waals surface area contributed by atoms with Gasteiger partial charge in [0.25, 0.3) is 11.8 Å². The van der Waals surface area contributed by atoms with Crippen LogP contribution in [-0.4, -0.2) is 36.5 Å². The summed E-state index contributed by atoms with van der Waals surface area (Å²) in [7, 11) is 1.59. The quantitative estimate of drug-likeness (QED) is 0.597. The number of benzene rings is 2. The summed E-state index contributed by atoms with van der Waals surface area (Å²) in [4.78, 5) is 37.1. The highest BCUT2D eigenvalue weighted by Crippen LogP contribution is 2.22. The Morgan fingerprint density at radius 2 is 1.56 bits per heavy atom. The number of methoxy groups -OCH3 is 1. The Kier molecular flexibility index (Phi) is 4.79. The molecule has 2 aromatic carbocycles. The summed E-state index contributed by atoms with van der Waals surface area (Å²) in [5.74, 6) is -0.601. The molecule has 1 aliphatic heterocycles. The predicted molar refractivity (Wildman–Crippen MR) is 89.2 cm³/mol. The van der Waals surface area contributed by atoms with Crippen molar-refractivity contribution < 1.29 is 23.9 Å². The summed E-state index contributed by atoms with van der Waals surface area (Å²) in [5, 5.41) is 0. The van der Waals surface area contributed by atoms with Crippen LogP contribution in [0.25, 0.3) is 0 Å². The van der Waals surface area contributed by atoms with Crippen molar-refractivity contribution in [1.82, 2.24) is 4.90 Å². The van der Waals surface area contributed by atoms with E-state index in [1.165, 1.54) is 0 Å². The van der Waals surface area contributed by atoms with Crippen LogP contribution in [0, 0.1) is 0 Å². The standard InChI is InChI=1S/C19H17NO5/c1-24-14-9-6-13(7-10-14)8-11-17(21)25-12-20-18(22)15-4-2-3-5-16(15)19(20)23/h2-7,9-10H,8,11-12H2,1H3. The molecule has 0 aliphatic carbocycles. The van der Waals surface area contributed by atoms with Gasteiger partial charge < -0.3 is 9.47 Å². The minimum atomic E-state index is -0.465. The first-order valence-corrected chi connectivity index (χ1v) is 7.84. The van der Waals surface area contributed by atoms with E-state index in [2.05, 4.69) is 0 Å². The van der Waals surface area contributed by atoms with Gasteiger partial charge in [0.1, 0.15) is 5.75 Å². The highest BCUT2D eigenvalue weighted by molar-refractivity contribution is 6.21. The zero-order chi connectivity index (χ0) is 17.8. The summed E-state index contributed by atoms with van der Waals surface area (Å²) in [5.41, 5.74) is 1.64. The molecule has 0 saturated carbocycles. The van der Waals surface area contributed by atoms with Crippen molar-refractivity contribution >= 4 is 17.8 Å². The smallest absolute Gasteiger partial charge is 0.307 e. The van der Waals surface area contributed by atoms with Gasteiger partial charge in [0.2, 0.25) is 0 Å². The first-order valence-electron chi connectivity index (χ1n) is 7.84. The molecule has 0 spiro atoms. The number of aryl methyl sites for hydroxylation is 1. The fourth-order valence-electron chi connectivity index (χ4n) is 2.60. The number of carbonyl (C=O) groups excluding carboxylic acids is 3. The molecule has 3 rings (SSSR count). The van der Waals surface area contributed by atoms with Crippen LogP contribution in [0.2, 0.25) is 0 Å². The number of rotatable bonds is 6. The number of carbonyl (C=O) groups is 3. The van der Waals surface area contributed by atoms with Gasteiger partial charge in [-0.1, -0.05) is 24.3 Å². The van der Waals surface area contributed by atoms with Crippen molar-refractivity contribution in [3.05, 3.63) is 65.2 Å². The number of amides is 2. The summed E-state index contributed by atoms with van der Waals surface area (Å²) in [6, 6.07) is 13.9. The molecule has 128 valence electrons. The van der Waals surface area contributed by atoms with E-state index in [0.29, 0.717) is 17.5 Å². The van der Waals surface area contributed by atoms with Crippen LogP contribution in [-0.2, 0) is 16.0 Å². The maximum Gasteiger partial charge on any atom is 0.307 e. The van der Waals surface area contributed by atoms with Crippen LogP contribution in [0.5, 0.6) is 5.75 Å². The second-order valence-corrected chi connectivity index (χ2v) is 5.58. The number of esters is 1. The maximum atomic E-state index is 12.2. The number of imide groups is 1. The fourth-order valence-corrected chi connectivity index (χ4v) is 2.60. The van der Waals surface area contributed by atoms with Crippen molar-refractivity contribution in [1.29, 1.82) is 0 Å². The lowest BCUT2D eigenvalue weighted by atomic mass is 10.1. The Labute approximate surface area is 145 Å². The van der Waals surface area contributed by atoms with Gasteiger partial charge in [-0.15, -0.1) is 0 Å². The molecule has 1 aliphatic rings. The molecular weight excluding hydrogens is 322 g/mol. The van der Waals surface area contributed by atoms with Gasteiger partial charge in [0, 0.05) is 6.42 Å². The fraction of sp³-hybridized carbons (Fsp3) is 0.211. The Morgan fingerprint density at radius 1 is 0.960 bits per heavy atom. The lowest BCUT2D eigenvalue weighted by Gasteiger charge is -2.13. The zero-order valence-corrected chi connectivity index (χ0v) is 13.7. The molecule has 6 nitrogen and oxygen atoms in total. The number of hydrogen-bond donors (Lipinski definition) is 0. The summed E-state index contributed by atoms with van der Waals surface area (Å²) < 4.78 is 10.2. The average molecular weight is 339 g/mol. The number of nitrogens with zero attached hydrogens (tertiary/aromatic N) is 1. The molecule has 0 fully saturated rings. The van der Waals surface area contributed by atoms with E-state index in [4.69, 9.17) is 9.47 Å². The monoisotopic (exact) mass is 339 g/mol. The van der Waals surface area contributed by atoms with Gasteiger partial charge in [-0.25, -0.2) is 4.90 Å². The molecule has 0 N–H and O–H groups in total. The largest absolute Gasteiger partial charge is 0.497 e. The molecule has 0 aromatic heterocycles. The van der Waals surface area contributed by atoms with Gasteiger partial charge in [0.05, 0.1) is 18.2 Å². The second kappa shape index (κ2) is 7.17. The van der Waals surface area contributed by atoms with Crippen molar-refractivity contribution in [2.75, 3.05) is 13.8 Å². The van der Waals surface area contributed by atoms with Crippen LogP contribution in [0.15, 0.2) is 48.5 Å². The van der Waals surface area contributed by atoms with E-state index in [1.54, 1.807) is 31.4 Å². The number of ether oxygens (including phenoxy) is 2. The summed E-state index contributed by atoms with van der Waals surface area (Å²) in [6.45, 7) is -0.367. The van der Waals surface area contributed by atoms with Gasteiger partial charge in [-0.05, 0) is 36.2 Å². The first-order chi connectivity index (χ1) is 12.1. The molecule has 0 atom stereocenters. The minimum absolute atomic E-state index is 0.162. The van der Waals surface area contributed by atoms with E-state index < -0.39 is 17.8 Å². The Bertz CT molecular complexity index is 778. The molecular formula is C19H17NO5. The third-order valence-corrected chi connectivity index (χ3v) is 4.01. The van der Waals surface area contributed by atoms with Gasteiger partial charge in [-0.3, -0.25) is 14.4 Å². The molecule has 2 amide bonds. The second-order valence-electron chi connectivity index (χ2n) is 5.58. The molecule has 0 saturated heterocycles. The Morgan fingerprint density at radius 3 is 2.12 bits per heavy atom. The number of fused-ring (bicyclic) bond motifs is 1. The lowest BCUT2D eigenvalue weighted by molar-refractivity contribution is -0.146. The van der Waals surface area contributed by atoms with E-state index in [0.717, 1.165) is 16.2 Å². The van der Waals surface area contributed by atoms with E-state index in [9.17, 15) is 14.4 Å². The van der Waals surface area contributed by atoms with Crippen molar-refractivity contribution in [2.45, 2.75) is 12.8 Å². The van der Waals surface area contributed by atoms with Gasteiger partial charge in [-0.2, -0.15) is 0 Å². The lowest BCUT2D eigenvalue weighted by Crippen LogP contribution is -2.33. The molecule has 0 radical (unpaired) electrons. The van der Waals surface area contributed by atoms with Crippen molar-refractivity contribution in [3.8, 4) is 5.75 Å². The molecule has 2 aromatic rings. The van der Waals surface area contributed by atoms with Crippen LogP contribution in [0.1, 0.15) is 32.7 Å². The summed E-state index contributed by atoms with van der Waals surface area (Å²) in [6.07, 6.45) is 0.667. The molecule has 6 heteroatoms. The van der Waals surface area contributed by atoms with Crippen LogP contribution >= 0.6 is 0 Å². The third kappa shape index (κ3) is 3.52. The first kappa shape index (κ1) is 16.7. The molecule has 0 unspecified atom stereocenters. The summed E-state index contributed by atoms with van der Waals surface area (Å²) >= 11 is 0. The van der Waals surface area contributed by atoms with Crippen LogP contribution < -0.4 is 4.74 Å². The predicted octanol–water partition coefficient (Wildman–Crippen LogP) is 2.42.